The SMILES string of the molecule is C=CC1CCC(C2CCC(c3ccc(C)cc3)CC2)CC1.CCCC1CCC(c2ccc(-c3ccc(C)cc3)cc2)CC1.CCCC1CCC(c2ccc(-c3ccc(CC)cc3)cc2)CC1. The molecule has 5 aromatic rings. The summed E-state index contributed by atoms with van der Waals surface area (Å²) in [6.45, 7) is 15.1. The first-order valence-corrected chi connectivity index (χ1v) is 27.4. The Labute approximate surface area is 404 Å². The number of aryl methyl sites for hydroxylation is 3. The molecule has 5 aromatic carbocycles. The van der Waals surface area contributed by atoms with E-state index in [0.717, 1.165) is 53.8 Å². The second-order valence-corrected chi connectivity index (χ2v) is 21.6. The molecule has 0 heterocycles. The highest BCUT2D eigenvalue weighted by Gasteiger charge is 2.31. The van der Waals surface area contributed by atoms with Gasteiger partial charge in [0.15, 0.2) is 0 Å². The molecule has 0 aliphatic heterocycles. The zero-order valence-electron chi connectivity index (χ0n) is 42.3. The van der Waals surface area contributed by atoms with Crippen molar-refractivity contribution in [1.82, 2.24) is 0 Å². The Balaban J connectivity index is 0.000000147. The van der Waals surface area contributed by atoms with Gasteiger partial charge in [0.25, 0.3) is 0 Å². The summed E-state index contributed by atoms with van der Waals surface area (Å²) in [7, 11) is 0. The maximum atomic E-state index is 3.97. The highest BCUT2D eigenvalue weighted by atomic mass is 14.4. The third-order valence-electron chi connectivity index (χ3n) is 17.1. The van der Waals surface area contributed by atoms with Crippen LogP contribution < -0.4 is 0 Å². The van der Waals surface area contributed by atoms with E-state index in [1.54, 1.807) is 16.7 Å². The minimum atomic E-state index is 0.791. The van der Waals surface area contributed by atoms with Crippen LogP contribution in [0.25, 0.3) is 22.3 Å². The zero-order chi connectivity index (χ0) is 46.1. The molecule has 0 aromatic heterocycles. The van der Waals surface area contributed by atoms with Gasteiger partial charge < -0.3 is 0 Å². The molecular formula is C66H88. The van der Waals surface area contributed by atoms with Crippen molar-refractivity contribution in [3.63, 3.8) is 0 Å². The Morgan fingerprint density at radius 3 is 1.03 bits per heavy atom. The van der Waals surface area contributed by atoms with Crippen LogP contribution in [-0.2, 0) is 6.42 Å². The molecule has 9 rings (SSSR count). The quantitative estimate of drug-likeness (QED) is 0.110. The van der Waals surface area contributed by atoms with Crippen molar-refractivity contribution in [3.8, 4) is 22.3 Å². The second kappa shape index (κ2) is 25.8. The van der Waals surface area contributed by atoms with E-state index in [4.69, 9.17) is 0 Å². The smallest absolute Gasteiger partial charge is 0.0162 e. The third-order valence-corrected chi connectivity index (χ3v) is 17.1. The van der Waals surface area contributed by atoms with E-state index in [9.17, 15) is 0 Å². The lowest BCUT2D eigenvalue weighted by atomic mass is 9.68. The van der Waals surface area contributed by atoms with Crippen molar-refractivity contribution in [1.29, 1.82) is 0 Å². The van der Waals surface area contributed by atoms with Crippen molar-refractivity contribution < 1.29 is 0 Å². The van der Waals surface area contributed by atoms with E-state index >= 15 is 0 Å². The number of hydrogen-bond acceptors (Lipinski definition) is 0. The van der Waals surface area contributed by atoms with Gasteiger partial charge in [0.05, 0.1) is 0 Å². The molecule has 0 unspecified atom stereocenters. The summed E-state index contributed by atoms with van der Waals surface area (Å²) < 4.78 is 0. The Morgan fingerprint density at radius 1 is 0.379 bits per heavy atom. The van der Waals surface area contributed by atoms with Gasteiger partial charge in [0.1, 0.15) is 0 Å². The average molecular weight is 881 g/mol. The molecule has 4 aliphatic carbocycles. The zero-order valence-corrected chi connectivity index (χ0v) is 42.3. The van der Waals surface area contributed by atoms with E-state index < -0.39 is 0 Å². The Kier molecular flexibility index (Phi) is 19.5. The number of hydrogen-bond donors (Lipinski definition) is 0. The van der Waals surface area contributed by atoms with Crippen LogP contribution >= 0.6 is 0 Å². The predicted molar refractivity (Wildman–Crippen MR) is 289 cm³/mol. The van der Waals surface area contributed by atoms with Crippen molar-refractivity contribution in [2.45, 2.75) is 187 Å². The van der Waals surface area contributed by atoms with Gasteiger partial charge >= 0.3 is 0 Å². The minimum absolute atomic E-state index is 0.791. The average Bonchev–Trinajstić information content (AvgIpc) is 3.38. The summed E-state index contributed by atoms with van der Waals surface area (Å²) in [4.78, 5) is 0. The molecule has 0 bridgehead atoms. The van der Waals surface area contributed by atoms with Crippen molar-refractivity contribution in [2.24, 2.45) is 29.6 Å². The van der Waals surface area contributed by atoms with Gasteiger partial charge in [-0.2, -0.15) is 0 Å². The van der Waals surface area contributed by atoms with Gasteiger partial charge in [0.2, 0.25) is 0 Å². The van der Waals surface area contributed by atoms with Gasteiger partial charge in [0, 0.05) is 0 Å². The van der Waals surface area contributed by atoms with Crippen molar-refractivity contribution in [3.05, 3.63) is 167 Å². The van der Waals surface area contributed by atoms with Crippen LogP contribution in [0.4, 0.5) is 0 Å². The van der Waals surface area contributed by atoms with E-state index in [0.29, 0.717) is 0 Å². The van der Waals surface area contributed by atoms with Crippen LogP contribution in [0, 0.1) is 43.4 Å². The lowest BCUT2D eigenvalue weighted by Crippen LogP contribution is -2.25. The summed E-state index contributed by atoms with van der Waals surface area (Å²) in [5.74, 6) is 7.23. The highest BCUT2D eigenvalue weighted by Crippen LogP contribution is 2.44. The van der Waals surface area contributed by atoms with Gasteiger partial charge in [-0.3, -0.25) is 0 Å². The maximum absolute atomic E-state index is 3.97. The Morgan fingerprint density at radius 2 is 0.682 bits per heavy atom. The molecule has 66 heavy (non-hydrogen) atoms. The molecule has 0 spiro atoms. The fraction of sp³-hybridized carbons (Fsp3) is 0.515. The van der Waals surface area contributed by atoms with Gasteiger partial charge in [-0.15, -0.1) is 6.58 Å². The van der Waals surface area contributed by atoms with Crippen LogP contribution in [-0.4, -0.2) is 0 Å². The Hall–Kier alpha value is -4.16. The summed E-state index contributed by atoms with van der Waals surface area (Å²) in [6, 6.07) is 45.8. The van der Waals surface area contributed by atoms with Crippen LogP contribution in [0.1, 0.15) is 200 Å². The standard InChI is InChI=1S/C23H30.C22H28.C21H30/c1-3-5-19-8-12-21(13-9-19)23-16-14-22(15-17-23)20-10-6-18(4-2)7-11-20;1-3-4-18-7-11-20(12-8-18)22-15-13-21(14-16-22)19-9-5-17(2)6-10-19;1-3-17-6-10-19(11-7-17)21-14-12-20(13-15-21)18-8-4-16(2)5-9-18/h6-7,10-11,14-17,19,21H,3-5,8-9,12-13H2,1-2H3;5-6,9-10,13-16,18,20H,3-4,7-8,11-12H2,1-2H3;3-5,8-9,17,19-21H,1,6-7,10-15H2,2H3. The molecule has 0 nitrogen and oxygen atoms in total. The van der Waals surface area contributed by atoms with E-state index in [2.05, 4.69) is 169 Å². The first-order chi connectivity index (χ1) is 32.3. The number of allylic oxidation sites excluding steroid dienone is 1. The van der Waals surface area contributed by atoms with Gasteiger partial charge in [-0.05, 0) is 215 Å². The van der Waals surface area contributed by atoms with Gasteiger partial charge in [-0.25, -0.2) is 0 Å². The van der Waals surface area contributed by atoms with Crippen LogP contribution in [0.3, 0.4) is 0 Å². The molecule has 0 saturated heterocycles. The first kappa shape index (κ1) is 49.7. The molecule has 4 saturated carbocycles. The first-order valence-electron chi connectivity index (χ1n) is 27.4. The summed E-state index contributed by atoms with van der Waals surface area (Å²) in [5, 5.41) is 0. The van der Waals surface area contributed by atoms with E-state index in [1.807, 2.05) is 0 Å². The van der Waals surface area contributed by atoms with E-state index in [1.165, 1.54) is 167 Å². The summed E-state index contributed by atoms with van der Waals surface area (Å²) in [5.41, 5.74) is 14.1. The van der Waals surface area contributed by atoms with Crippen LogP contribution in [0.5, 0.6) is 0 Å². The van der Waals surface area contributed by atoms with Crippen molar-refractivity contribution in [2.75, 3.05) is 0 Å². The molecule has 352 valence electrons. The lowest BCUT2D eigenvalue weighted by Gasteiger charge is -2.37. The third kappa shape index (κ3) is 14.4. The van der Waals surface area contributed by atoms with Gasteiger partial charge in [-0.1, -0.05) is 185 Å². The lowest BCUT2D eigenvalue weighted by molar-refractivity contribution is 0.171. The monoisotopic (exact) mass is 881 g/mol. The number of benzene rings is 5. The molecule has 0 heteroatoms. The molecule has 4 fully saturated rings. The molecule has 0 amide bonds. The second-order valence-electron chi connectivity index (χ2n) is 21.6. The topological polar surface area (TPSA) is 0 Å². The van der Waals surface area contributed by atoms with Crippen molar-refractivity contribution >= 4 is 0 Å². The molecule has 0 N–H and O–H groups in total. The molecular weight excluding hydrogens is 793 g/mol. The van der Waals surface area contributed by atoms with Crippen LogP contribution in [0.15, 0.2) is 134 Å². The van der Waals surface area contributed by atoms with Crippen LogP contribution in [0.2, 0.25) is 0 Å². The van der Waals surface area contributed by atoms with E-state index in [-0.39, 0.29) is 0 Å². The fourth-order valence-corrected chi connectivity index (χ4v) is 12.6. The largest absolute Gasteiger partial charge is 0.103 e. The summed E-state index contributed by atoms with van der Waals surface area (Å²) >= 11 is 0. The fourth-order valence-electron chi connectivity index (χ4n) is 12.6. The highest BCUT2D eigenvalue weighted by molar-refractivity contribution is 5.65. The molecule has 4 aliphatic rings. The Bertz CT molecular complexity index is 2090. The molecule has 0 radical (unpaired) electrons. The number of rotatable bonds is 12. The predicted octanol–water partition coefficient (Wildman–Crippen LogP) is 20.0. The molecule has 0 atom stereocenters. The minimum Gasteiger partial charge on any atom is -0.103 e. The summed E-state index contributed by atoms with van der Waals surface area (Å²) in [6.07, 6.45) is 31.5. The normalized spacial score (nSPS) is 25.3. The maximum Gasteiger partial charge on any atom is -0.0162 e.